The average Bonchev–Trinajstić information content (AvgIpc) is 3.32. The SMILES string of the molecule is CN1CCN(c2ccccc2CNC(=O)c2cccc(NCc3nnc(-c4ccncn4)n3C)c2)CC1. The minimum Gasteiger partial charge on any atom is -0.378 e. The number of nitrogens with zero attached hydrogens (tertiary/aromatic N) is 7. The highest BCUT2D eigenvalue weighted by atomic mass is 16.1. The first-order valence-corrected chi connectivity index (χ1v) is 12.4. The maximum Gasteiger partial charge on any atom is 0.251 e. The summed E-state index contributed by atoms with van der Waals surface area (Å²) in [6.45, 7) is 4.98. The average molecular weight is 498 g/mol. The zero-order valence-electron chi connectivity index (χ0n) is 21.1. The summed E-state index contributed by atoms with van der Waals surface area (Å²) in [5.41, 5.74) is 4.45. The second kappa shape index (κ2) is 11.2. The van der Waals surface area contributed by atoms with E-state index in [4.69, 9.17) is 0 Å². The van der Waals surface area contributed by atoms with Crippen molar-refractivity contribution in [1.29, 1.82) is 0 Å². The molecule has 0 bridgehead atoms. The second-order valence-corrected chi connectivity index (χ2v) is 9.13. The van der Waals surface area contributed by atoms with Crippen molar-refractivity contribution in [3.05, 3.63) is 84.1 Å². The summed E-state index contributed by atoms with van der Waals surface area (Å²) in [7, 11) is 4.05. The van der Waals surface area contributed by atoms with E-state index < -0.39 is 0 Å². The van der Waals surface area contributed by atoms with E-state index in [2.05, 4.69) is 65.8 Å². The van der Waals surface area contributed by atoms with Crippen molar-refractivity contribution in [2.45, 2.75) is 13.1 Å². The van der Waals surface area contributed by atoms with Crippen LogP contribution in [0.15, 0.2) is 67.1 Å². The molecule has 3 heterocycles. The van der Waals surface area contributed by atoms with E-state index in [0.29, 0.717) is 30.2 Å². The molecule has 1 aliphatic heterocycles. The van der Waals surface area contributed by atoms with Crippen LogP contribution < -0.4 is 15.5 Å². The molecule has 190 valence electrons. The van der Waals surface area contributed by atoms with Gasteiger partial charge in [0.05, 0.1) is 6.54 Å². The zero-order chi connectivity index (χ0) is 25.6. The normalized spacial score (nSPS) is 13.9. The van der Waals surface area contributed by atoms with Gasteiger partial charge >= 0.3 is 0 Å². The molecule has 10 heteroatoms. The molecule has 2 aromatic carbocycles. The summed E-state index contributed by atoms with van der Waals surface area (Å²) in [5.74, 6) is 1.31. The molecular weight excluding hydrogens is 466 g/mol. The lowest BCUT2D eigenvalue weighted by Crippen LogP contribution is -2.45. The molecule has 0 aliphatic carbocycles. The van der Waals surface area contributed by atoms with Gasteiger partial charge in [0, 0.05) is 62.9 Å². The number of nitrogens with one attached hydrogen (secondary N) is 2. The number of likely N-dealkylation sites (N-methyl/N-ethyl adjacent to an activating group) is 1. The van der Waals surface area contributed by atoms with Crippen molar-refractivity contribution in [1.82, 2.24) is 34.9 Å². The van der Waals surface area contributed by atoms with Crippen molar-refractivity contribution in [3.63, 3.8) is 0 Å². The number of anilines is 2. The van der Waals surface area contributed by atoms with Crippen molar-refractivity contribution in [2.24, 2.45) is 7.05 Å². The number of aromatic nitrogens is 5. The monoisotopic (exact) mass is 497 g/mol. The predicted molar refractivity (Wildman–Crippen MR) is 143 cm³/mol. The van der Waals surface area contributed by atoms with Gasteiger partial charge in [-0.15, -0.1) is 10.2 Å². The Balaban J connectivity index is 1.20. The first-order chi connectivity index (χ1) is 18.1. The fraction of sp³-hybridized carbons (Fsp3) is 0.296. The Morgan fingerprint density at radius 2 is 1.78 bits per heavy atom. The first kappa shape index (κ1) is 24.4. The fourth-order valence-electron chi connectivity index (χ4n) is 4.41. The predicted octanol–water partition coefficient (Wildman–Crippen LogP) is 2.57. The third-order valence-electron chi connectivity index (χ3n) is 6.63. The Morgan fingerprint density at radius 3 is 2.59 bits per heavy atom. The minimum absolute atomic E-state index is 0.110. The van der Waals surface area contributed by atoms with Gasteiger partial charge in [0.15, 0.2) is 11.6 Å². The van der Waals surface area contributed by atoms with Crippen LogP contribution in [-0.4, -0.2) is 68.8 Å². The van der Waals surface area contributed by atoms with Crippen LogP contribution in [0.2, 0.25) is 0 Å². The minimum atomic E-state index is -0.110. The molecule has 4 aromatic rings. The largest absolute Gasteiger partial charge is 0.378 e. The molecule has 1 amide bonds. The highest BCUT2D eigenvalue weighted by Gasteiger charge is 2.17. The van der Waals surface area contributed by atoms with E-state index in [1.165, 1.54) is 12.0 Å². The number of hydrogen-bond donors (Lipinski definition) is 2. The number of para-hydroxylation sites is 1. The van der Waals surface area contributed by atoms with E-state index in [-0.39, 0.29) is 5.91 Å². The van der Waals surface area contributed by atoms with Gasteiger partial charge in [-0.1, -0.05) is 24.3 Å². The highest BCUT2D eigenvalue weighted by Crippen LogP contribution is 2.22. The lowest BCUT2D eigenvalue weighted by Gasteiger charge is -2.35. The van der Waals surface area contributed by atoms with Crippen molar-refractivity contribution in [2.75, 3.05) is 43.4 Å². The van der Waals surface area contributed by atoms with Crippen molar-refractivity contribution in [3.8, 4) is 11.5 Å². The molecule has 0 saturated carbocycles. The molecule has 0 unspecified atom stereocenters. The summed E-state index contributed by atoms with van der Waals surface area (Å²) in [6.07, 6.45) is 3.17. The molecule has 37 heavy (non-hydrogen) atoms. The molecule has 1 saturated heterocycles. The van der Waals surface area contributed by atoms with Crippen LogP contribution in [0.1, 0.15) is 21.7 Å². The Labute approximate surface area is 216 Å². The number of rotatable bonds is 8. The Kier molecular flexibility index (Phi) is 7.36. The molecule has 1 fully saturated rings. The molecule has 0 radical (unpaired) electrons. The van der Waals surface area contributed by atoms with Crippen LogP contribution in [0, 0.1) is 0 Å². The van der Waals surface area contributed by atoms with E-state index in [0.717, 1.165) is 43.3 Å². The van der Waals surface area contributed by atoms with E-state index in [9.17, 15) is 4.79 Å². The lowest BCUT2D eigenvalue weighted by molar-refractivity contribution is 0.0951. The second-order valence-electron chi connectivity index (χ2n) is 9.13. The van der Waals surface area contributed by atoms with Crippen molar-refractivity contribution >= 4 is 17.3 Å². The topological polar surface area (TPSA) is 104 Å². The standard InChI is InChI=1S/C27H31N9O/c1-34-12-14-36(15-13-34)24-9-4-3-6-21(24)17-30-27(37)20-7-5-8-22(16-20)29-18-25-32-33-26(35(25)2)23-10-11-28-19-31-23/h3-11,16,19,29H,12-15,17-18H2,1-2H3,(H,30,37). The van der Waals surface area contributed by atoms with E-state index in [1.807, 2.05) is 41.9 Å². The van der Waals surface area contributed by atoms with Gasteiger partial charge in [-0.05, 0) is 42.9 Å². The number of piperazine rings is 1. The van der Waals surface area contributed by atoms with E-state index in [1.54, 1.807) is 12.3 Å². The molecule has 0 spiro atoms. The van der Waals surface area contributed by atoms with Gasteiger partial charge in [0.1, 0.15) is 12.0 Å². The summed E-state index contributed by atoms with van der Waals surface area (Å²) in [4.78, 5) is 25.9. The number of carbonyl (C=O) groups is 1. The first-order valence-electron chi connectivity index (χ1n) is 12.4. The zero-order valence-corrected chi connectivity index (χ0v) is 21.1. The number of hydrogen-bond acceptors (Lipinski definition) is 8. The molecule has 10 nitrogen and oxygen atoms in total. The van der Waals surface area contributed by atoms with Crippen LogP contribution in [0.5, 0.6) is 0 Å². The van der Waals surface area contributed by atoms with Gasteiger partial charge in [-0.25, -0.2) is 9.97 Å². The molecule has 2 aromatic heterocycles. The quantitative estimate of drug-likeness (QED) is 0.383. The third-order valence-corrected chi connectivity index (χ3v) is 6.63. The maximum atomic E-state index is 13.0. The van der Waals surface area contributed by atoms with Gasteiger partial charge in [-0.2, -0.15) is 0 Å². The summed E-state index contributed by atoms with van der Waals surface area (Å²) < 4.78 is 1.89. The maximum absolute atomic E-state index is 13.0. The van der Waals surface area contributed by atoms with Gasteiger partial charge in [0.25, 0.3) is 5.91 Å². The summed E-state index contributed by atoms with van der Waals surface area (Å²) in [6, 6.07) is 17.6. The Hall–Kier alpha value is -4.31. The molecular formula is C27H31N9O. The summed E-state index contributed by atoms with van der Waals surface area (Å²) >= 11 is 0. The lowest BCUT2D eigenvalue weighted by atomic mass is 10.1. The van der Waals surface area contributed by atoms with E-state index >= 15 is 0 Å². The van der Waals surface area contributed by atoms with Crippen LogP contribution in [0.4, 0.5) is 11.4 Å². The fourth-order valence-corrected chi connectivity index (χ4v) is 4.41. The third kappa shape index (κ3) is 5.75. The Bertz CT molecular complexity index is 1350. The van der Waals surface area contributed by atoms with Crippen molar-refractivity contribution < 1.29 is 4.79 Å². The van der Waals surface area contributed by atoms with Gasteiger partial charge < -0.3 is 25.0 Å². The van der Waals surface area contributed by atoms with Gasteiger partial charge in [-0.3, -0.25) is 4.79 Å². The number of carbonyl (C=O) groups excluding carboxylic acids is 1. The number of benzene rings is 2. The molecule has 2 N–H and O–H groups in total. The van der Waals surface area contributed by atoms with Crippen LogP contribution in [-0.2, 0) is 20.1 Å². The Morgan fingerprint density at radius 1 is 0.946 bits per heavy atom. The van der Waals surface area contributed by atoms with Crippen LogP contribution >= 0.6 is 0 Å². The number of amides is 1. The molecule has 1 aliphatic rings. The highest BCUT2D eigenvalue weighted by molar-refractivity contribution is 5.95. The summed E-state index contributed by atoms with van der Waals surface area (Å²) in [5, 5.41) is 15.0. The van der Waals surface area contributed by atoms with Crippen LogP contribution in [0.3, 0.4) is 0 Å². The van der Waals surface area contributed by atoms with Gasteiger partial charge in [0.2, 0.25) is 0 Å². The molecule has 5 rings (SSSR count). The molecule has 0 atom stereocenters. The smallest absolute Gasteiger partial charge is 0.251 e. The van der Waals surface area contributed by atoms with Crippen LogP contribution in [0.25, 0.3) is 11.5 Å².